The van der Waals surface area contributed by atoms with Crippen LogP contribution in [0.15, 0.2) is 41.4 Å². The van der Waals surface area contributed by atoms with Crippen LogP contribution in [-0.2, 0) is 13.1 Å². The van der Waals surface area contributed by atoms with Crippen LogP contribution >= 0.6 is 24.0 Å². The average molecular weight is 515 g/mol. The van der Waals surface area contributed by atoms with Crippen LogP contribution in [0.25, 0.3) is 0 Å². The molecule has 0 radical (unpaired) electrons. The fourth-order valence-corrected chi connectivity index (χ4v) is 2.97. The molecule has 0 aromatic heterocycles. The highest BCUT2D eigenvalue weighted by Gasteiger charge is 2.15. The number of benzene rings is 2. The Labute approximate surface area is 190 Å². The number of guanidine groups is 1. The van der Waals surface area contributed by atoms with Crippen molar-refractivity contribution in [2.24, 2.45) is 4.99 Å². The highest BCUT2D eigenvalue weighted by atomic mass is 127. The van der Waals surface area contributed by atoms with Crippen LogP contribution in [0.2, 0.25) is 0 Å². The van der Waals surface area contributed by atoms with E-state index in [1.54, 1.807) is 35.5 Å². The lowest BCUT2D eigenvalue weighted by molar-refractivity contribution is 0.367. The zero-order valence-corrected chi connectivity index (χ0v) is 20.1. The average Bonchev–Trinajstić information content (AvgIpc) is 2.74. The van der Waals surface area contributed by atoms with E-state index in [2.05, 4.69) is 10.3 Å². The highest BCUT2D eigenvalue weighted by molar-refractivity contribution is 14.0. The Morgan fingerprint density at radius 1 is 0.931 bits per heavy atom. The number of methoxy groups -OCH3 is 4. The zero-order chi connectivity index (χ0) is 20.5. The summed E-state index contributed by atoms with van der Waals surface area (Å²) in [5.41, 5.74) is 1.97. The second kappa shape index (κ2) is 12.3. The molecule has 0 aliphatic heterocycles. The second-order valence-corrected chi connectivity index (χ2v) is 6.08. The highest BCUT2D eigenvalue weighted by Crippen LogP contribution is 2.33. The molecule has 0 saturated heterocycles. The molecule has 2 aromatic rings. The number of nitrogens with one attached hydrogen (secondary N) is 1. The van der Waals surface area contributed by atoms with Crippen molar-refractivity contribution in [1.29, 1.82) is 0 Å². The maximum Gasteiger partial charge on any atom is 0.193 e. The summed E-state index contributed by atoms with van der Waals surface area (Å²) < 4.78 is 21.8. The third-order valence-electron chi connectivity index (χ3n) is 4.41. The molecule has 2 rings (SSSR count). The number of para-hydroxylation sites is 1. The van der Waals surface area contributed by atoms with Crippen LogP contribution in [-0.4, -0.2) is 53.4 Å². The number of aliphatic imine (C=N–C) groups is 1. The molecule has 0 atom stereocenters. The summed E-state index contributed by atoms with van der Waals surface area (Å²) >= 11 is 0. The van der Waals surface area contributed by atoms with Crippen LogP contribution in [0.3, 0.4) is 0 Å². The maximum absolute atomic E-state index is 5.51. The summed E-state index contributed by atoms with van der Waals surface area (Å²) in [6, 6.07) is 11.6. The summed E-state index contributed by atoms with van der Waals surface area (Å²) in [4.78, 5) is 6.41. The Kier molecular flexibility index (Phi) is 10.4. The van der Waals surface area contributed by atoms with Crippen LogP contribution < -0.4 is 24.3 Å². The van der Waals surface area contributed by atoms with E-state index in [9.17, 15) is 0 Å². The van der Waals surface area contributed by atoms with E-state index in [4.69, 9.17) is 18.9 Å². The number of halogens is 1. The molecule has 0 aliphatic carbocycles. The van der Waals surface area contributed by atoms with Gasteiger partial charge in [0.2, 0.25) is 0 Å². The third-order valence-corrected chi connectivity index (χ3v) is 4.41. The van der Waals surface area contributed by atoms with E-state index in [-0.39, 0.29) is 24.0 Å². The van der Waals surface area contributed by atoms with Gasteiger partial charge in [0, 0.05) is 38.3 Å². The normalized spacial score (nSPS) is 10.6. The van der Waals surface area contributed by atoms with Crippen molar-refractivity contribution in [3.05, 3.63) is 47.5 Å². The lowest BCUT2D eigenvalue weighted by atomic mass is 10.1. The van der Waals surface area contributed by atoms with Crippen molar-refractivity contribution in [3.8, 4) is 23.0 Å². The predicted molar refractivity (Wildman–Crippen MR) is 126 cm³/mol. The second-order valence-electron chi connectivity index (χ2n) is 6.08. The Hall–Kier alpha value is -2.36. The SMILES string of the molecule is CN=C(NCc1c(OC)cc(OC)cc1OC)N(C)Cc1ccccc1OC.I. The van der Waals surface area contributed by atoms with Crippen molar-refractivity contribution in [2.45, 2.75) is 13.1 Å². The van der Waals surface area contributed by atoms with Gasteiger partial charge in [0.05, 0.1) is 40.5 Å². The number of rotatable bonds is 8. The van der Waals surface area contributed by atoms with Crippen LogP contribution in [0, 0.1) is 0 Å². The van der Waals surface area contributed by atoms with Gasteiger partial charge in [0.1, 0.15) is 23.0 Å². The predicted octanol–water partition coefficient (Wildman–Crippen LogP) is 3.55. The van der Waals surface area contributed by atoms with Gasteiger partial charge >= 0.3 is 0 Å². The van der Waals surface area contributed by atoms with Gasteiger partial charge < -0.3 is 29.2 Å². The molecule has 7 nitrogen and oxygen atoms in total. The molecule has 8 heteroatoms. The largest absolute Gasteiger partial charge is 0.496 e. The first-order valence-corrected chi connectivity index (χ1v) is 8.90. The van der Waals surface area contributed by atoms with Crippen molar-refractivity contribution in [3.63, 3.8) is 0 Å². The Bertz CT molecular complexity index is 789. The van der Waals surface area contributed by atoms with Crippen molar-refractivity contribution in [1.82, 2.24) is 10.2 Å². The first-order valence-electron chi connectivity index (χ1n) is 8.90. The minimum Gasteiger partial charge on any atom is -0.496 e. The van der Waals surface area contributed by atoms with Crippen molar-refractivity contribution in [2.75, 3.05) is 42.5 Å². The molecule has 0 fully saturated rings. The molecular weight excluding hydrogens is 485 g/mol. The van der Waals surface area contributed by atoms with Crippen molar-refractivity contribution < 1.29 is 18.9 Å². The molecule has 2 aromatic carbocycles. The van der Waals surface area contributed by atoms with Gasteiger partial charge in [-0.1, -0.05) is 18.2 Å². The Morgan fingerprint density at radius 2 is 1.52 bits per heavy atom. The van der Waals surface area contributed by atoms with Gasteiger partial charge in [-0.15, -0.1) is 24.0 Å². The monoisotopic (exact) mass is 515 g/mol. The standard InChI is InChI=1S/C21H29N3O4.HI/c1-22-21(24(2)14-15-9-7-8-10-18(15)26-4)23-13-17-19(27-5)11-16(25-3)12-20(17)28-6;/h7-12H,13-14H2,1-6H3,(H,22,23);1H. The Morgan fingerprint density at radius 3 is 2.03 bits per heavy atom. The van der Waals surface area contributed by atoms with Crippen LogP contribution in [0.1, 0.15) is 11.1 Å². The van der Waals surface area contributed by atoms with Gasteiger partial charge in [0.15, 0.2) is 5.96 Å². The van der Waals surface area contributed by atoms with E-state index >= 15 is 0 Å². The summed E-state index contributed by atoms with van der Waals surface area (Å²) in [5, 5.41) is 3.36. The van der Waals surface area contributed by atoms with Gasteiger partial charge in [0.25, 0.3) is 0 Å². The van der Waals surface area contributed by atoms with Gasteiger partial charge in [-0.05, 0) is 6.07 Å². The molecule has 0 saturated carbocycles. The minimum absolute atomic E-state index is 0. The quantitative estimate of drug-likeness (QED) is 0.330. The summed E-state index contributed by atoms with van der Waals surface area (Å²) in [5.74, 6) is 3.64. The summed E-state index contributed by atoms with van der Waals surface area (Å²) in [6.07, 6.45) is 0. The molecule has 0 unspecified atom stereocenters. The first kappa shape index (κ1) is 24.7. The molecule has 0 heterocycles. The molecule has 1 N–H and O–H groups in total. The smallest absolute Gasteiger partial charge is 0.193 e. The fraction of sp³-hybridized carbons (Fsp3) is 0.381. The van der Waals surface area contributed by atoms with E-state index in [0.29, 0.717) is 30.3 Å². The van der Waals surface area contributed by atoms with Crippen LogP contribution in [0.5, 0.6) is 23.0 Å². The van der Waals surface area contributed by atoms with E-state index < -0.39 is 0 Å². The van der Waals surface area contributed by atoms with Crippen LogP contribution in [0.4, 0.5) is 0 Å². The topological polar surface area (TPSA) is 64.6 Å². The molecule has 0 spiro atoms. The zero-order valence-electron chi connectivity index (χ0n) is 17.8. The van der Waals surface area contributed by atoms with E-state index in [0.717, 1.165) is 22.8 Å². The maximum atomic E-state index is 5.51. The Balaban J connectivity index is 0.00000420. The lowest BCUT2D eigenvalue weighted by Gasteiger charge is -2.24. The number of hydrogen-bond acceptors (Lipinski definition) is 5. The summed E-state index contributed by atoms with van der Waals surface area (Å²) in [6.45, 7) is 1.14. The van der Waals surface area contributed by atoms with E-state index in [1.165, 1.54) is 0 Å². The third kappa shape index (κ3) is 6.31. The molecule has 29 heavy (non-hydrogen) atoms. The molecule has 160 valence electrons. The van der Waals surface area contributed by atoms with Gasteiger partial charge in [-0.3, -0.25) is 4.99 Å². The number of nitrogens with zero attached hydrogens (tertiary/aromatic N) is 2. The minimum atomic E-state index is 0. The van der Waals surface area contributed by atoms with Crippen molar-refractivity contribution >= 4 is 29.9 Å². The molecule has 0 amide bonds. The summed E-state index contributed by atoms with van der Waals surface area (Å²) in [7, 11) is 10.3. The van der Waals surface area contributed by atoms with Gasteiger partial charge in [-0.25, -0.2) is 0 Å². The molecule has 0 bridgehead atoms. The lowest BCUT2D eigenvalue weighted by Crippen LogP contribution is -2.38. The number of hydrogen-bond donors (Lipinski definition) is 1. The number of ether oxygens (including phenoxy) is 4. The molecular formula is C21H30IN3O4. The molecule has 0 aliphatic rings. The first-order chi connectivity index (χ1) is 13.6. The van der Waals surface area contributed by atoms with Gasteiger partial charge in [-0.2, -0.15) is 0 Å². The van der Waals surface area contributed by atoms with E-state index in [1.807, 2.05) is 48.3 Å². The fourth-order valence-electron chi connectivity index (χ4n) is 2.97.